The standard InChI is InChI=1S/C12H17NO3/c1-3-16-12(14)13-9-8-10-6-4-5-7-11(10)15-2/h4-7H,3,8-9H2,1-2H3,(H,13,14). The van der Waals surface area contributed by atoms with Crippen LogP contribution < -0.4 is 10.1 Å². The van der Waals surface area contributed by atoms with Crippen LogP contribution in [0.4, 0.5) is 4.79 Å². The maximum Gasteiger partial charge on any atom is 0.407 e. The van der Waals surface area contributed by atoms with Crippen molar-refractivity contribution in [2.24, 2.45) is 0 Å². The topological polar surface area (TPSA) is 47.6 Å². The van der Waals surface area contributed by atoms with Crippen molar-refractivity contribution in [3.05, 3.63) is 29.8 Å². The van der Waals surface area contributed by atoms with Crippen LogP contribution in [-0.2, 0) is 11.2 Å². The van der Waals surface area contributed by atoms with Crippen molar-refractivity contribution in [2.75, 3.05) is 20.3 Å². The van der Waals surface area contributed by atoms with Crippen LogP contribution in [0.15, 0.2) is 24.3 Å². The largest absolute Gasteiger partial charge is 0.496 e. The number of ether oxygens (including phenoxy) is 2. The van der Waals surface area contributed by atoms with Gasteiger partial charge in [0.2, 0.25) is 0 Å². The summed E-state index contributed by atoms with van der Waals surface area (Å²) < 4.78 is 9.96. The Hall–Kier alpha value is -1.71. The van der Waals surface area contributed by atoms with Crippen LogP contribution in [0.3, 0.4) is 0 Å². The van der Waals surface area contributed by atoms with E-state index in [1.165, 1.54) is 0 Å². The van der Waals surface area contributed by atoms with Crippen molar-refractivity contribution in [3.63, 3.8) is 0 Å². The molecule has 0 bridgehead atoms. The number of alkyl carbamates (subject to hydrolysis) is 1. The Labute approximate surface area is 95.6 Å². The molecule has 0 fully saturated rings. The van der Waals surface area contributed by atoms with Gasteiger partial charge in [0.25, 0.3) is 0 Å². The Morgan fingerprint density at radius 2 is 2.12 bits per heavy atom. The second kappa shape index (κ2) is 6.71. The Morgan fingerprint density at radius 3 is 2.81 bits per heavy atom. The summed E-state index contributed by atoms with van der Waals surface area (Å²) in [5, 5.41) is 2.67. The Morgan fingerprint density at radius 1 is 1.38 bits per heavy atom. The van der Waals surface area contributed by atoms with Crippen LogP contribution in [0, 0.1) is 0 Å². The number of methoxy groups -OCH3 is 1. The highest BCUT2D eigenvalue weighted by Gasteiger charge is 2.03. The molecule has 0 radical (unpaired) electrons. The van der Waals surface area contributed by atoms with Crippen molar-refractivity contribution >= 4 is 6.09 Å². The summed E-state index contributed by atoms with van der Waals surface area (Å²) in [6.07, 6.45) is 0.348. The maximum atomic E-state index is 11.0. The van der Waals surface area contributed by atoms with E-state index in [1.807, 2.05) is 24.3 Å². The summed E-state index contributed by atoms with van der Waals surface area (Å²) in [5.74, 6) is 0.841. The first-order valence-corrected chi connectivity index (χ1v) is 5.30. The monoisotopic (exact) mass is 223 g/mol. The summed E-state index contributed by atoms with van der Waals surface area (Å²) >= 11 is 0. The summed E-state index contributed by atoms with van der Waals surface area (Å²) in [6, 6.07) is 7.74. The number of carbonyl (C=O) groups excluding carboxylic acids is 1. The molecule has 0 aliphatic heterocycles. The average Bonchev–Trinajstić information content (AvgIpc) is 2.30. The van der Waals surface area contributed by atoms with E-state index in [2.05, 4.69) is 5.32 Å². The van der Waals surface area contributed by atoms with Crippen LogP contribution in [0.25, 0.3) is 0 Å². The van der Waals surface area contributed by atoms with Crippen LogP contribution in [-0.4, -0.2) is 26.4 Å². The summed E-state index contributed by atoms with van der Waals surface area (Å²) in [6.45, 7) is 2.71. The zero-order chi connectivity index (χ0) is 11.8. The van der Waals surface area contributed by atoms with Gasteiger partial charge in [0.15, 0.2) is 0 Å². The molecule has 4 nitrogen and oxygen atoms in total. The lowest BCUT2D eigenvalue weighted by atomic mass is 10.1. The highest BCUT2D eigenvalue weighted by molar-refractivity contribution is 5.67. The van der Waals surface area contributed by atoms with E-state index in [4.69, 9.17) is 9.47 Å². The third kappa shape index (κ3) is 3.81. The van der Waals surface area contributed by atoms with Crippen LogP contribution in [0.2, 0.25) is 0 Å². The molecule has 0 spiro atoms. The number of rotatable bonds is 5. The fourth-order valence-electron chi connectivity index (χ4n) is 1.39. The van der Waals surface area contributed by atoms with E-state index < -0.39 is 0 Å². The second-order valence-electron chi connectivity index (χ2n) is 3.21. The number of para-hydroxylation sites is 1. The molecule has 1 N–H and O–H groups in total. The van der Waals surface area contributed by atoms with Gasteiger partial charge in [0.1, 0.15) is 5.75 Å². The molecular weight excluding hydrogens is 206 g/mol. The molecule has 16 heavy (non-hydrogen) atoms. The predicted octanol–water partition coefficient (Wildman–Crippen LogP) is 1.98. The van der Waals surface area contributed by atoms with Gasteiger partial charge in [0.05, 0.1) is 13.7 Å². The Balaban J connectivity index is 2.39. The number of amides is 1. The van der Waals surface area contributed by atoms with Gasteiger partial charge in [-0.15, -0.1) is 0 Å². The molecule has 1 aromatic rings. The first-order valence-electron chi connectivity index (χ1n) is 5.30. The fourth-order valence-corrected chi connectivity index (χ4v) is 1.39. The van der Waals surface area contributed by atoms with Gasteiger partial charge in [0, 0.05) is 6.54 Å². The molecule has 1 rings (SSSR count). The molecule has 1 aromatic carbocycles. The summed E-state index contributed by atoms with van der Waals surface area (Å²) in [5.41, 5.74) is 1.07. The van der Waals surface area contributed by atoms with Gasteiger partial charge in [-0.1, -0.05) is 18.2 Å². The van der Waals surface area contributed by atoms with Crippen molar-refractivity contribution in [3.8, 4) is 5.75 Å². The number of benzene rings is 1. The lowest BCUT2D eigenvalue weighted by molar-refractivity contribution is 0.152. The SMILES string of the molecule is CCOC(=O)NCCc1ccccc1OC. The van der Waals surface area contributed by atoms with Crippen molar-refractivity contribution in [1.82, 2.24) is 5.32 Å². The molecular formula is C12H17NO3. The minimum absolute atomic E-state index is 0.377. The lowest BCUT2D eigenvalue weighted by Crippen LogP contribution is -2.26. The van der Waals surface area contributed by atoms with Crippen LogP contribution in [0.1, 0.15) is 12.5 Å². The molecule has 0 saturated carbocycles. The molecule has 4 heteroatoms. The fraction of sp³-hybridized carbons (Fsp3) is 0.417. The quantitative estimate of drug-likeness (QED) is 0.830. The normalized spacial score (nSPS) is 9.62. The van der Waals surface area contributed by atoms with E-state index in [-0.39, 0.29) is 6.09 Å². The van der Waals surface area contributed by atoms with Crippen molar-refractivity contribution < 1.29 is 14.3 Å². The summed E-state index contributed by atoms with van der Waals surface area (Å²) in [4.78, 5) is 11.0. The van der Waals surface area contributed by atoms with E-state index in [0.29, 0.717) is 13.2 Å². The molecule has 0 unspecified atom stereocenters. The molecule has 0 saturated heterocycles. The number of hydrogen-bond acceptors (Lipinski definition) is 3. The first kappa shape index (κ1) is 12.4. The molecule has 0 heterocycles. The Bertz CT molecular complexity index is 339. The first-order chi connectivity index (χ1) is 7.77. The average molecular weight is 223 g/mol. The van der Waals surface area contributed by atoms with Crippen LogP contribution in [0.5, 0.6) is 5.75 Å². The lowest BCUT2D eigenvalue weighted by Gasteiger charge is -2.08. The van der Waals surface area contributed by atoms with Crippen molar-refractivity contribution in [1.29, 1.82) is 0 Å². The highest BCUT2D eigenvalue weighted by Crippen LogP contribution is 2.17. The van der Waals surface area contributed by atoms with Crippen LogP contribution >= 0.6 is 0 Å². The van der Waals surface area contributed by atoms with Crippen molar-refractivity contribution in [2.45, 2.75) is 13.3 Å². The molecule has 88 valence electrons. The van der Waals surface area contributed by atoms with Gasteiger partial charge in [-0.3, -0.25) is 0 Å². The molecule has 0 aromatic heterocycles. The van der Waals surface area contributed by atoms with Gasteiger partial charge in [-0.05, 0) is 25.0 Å². The second-order valence-corrected chi connectivity index (χ2v) is 3.21. The zero-order valence-electron chi connectivity index (χ0n) is 9.66. The van der Waals surface area contributed by atoms with E-state index in [9.17, 15) is 4.79 Å². The van der Waals surface area contributed by atoms with Gasteiger partial charge in [-0.2, -0.15) is 0 Å². The molecule has 0 aliphatic rings. The predicted molar refractivity (Wildman–Crippen MR) is 61.7 cm³/mol. The molecule has 0 aliphatic carbocycles. The van der Waals surface area contributed by atoms with Gasteiger partial charge >= 0.3 is 6.09 Å². The molecule has 0 atom stereocenters. The summed E-state index contributed by atoms with van der Waals surface area (Å²) in [7, 11) is 1.64. The third-order valence-electron chi connectivity index (χ3n) is 2.13. The zero-order valence-corrected chi connectivity index (χ0v) is 9.66. The van der Waals surface area contributed by atoms with Gasteiger partial charge in [-0.25, -0.2) is 4.79 Å². The highest BCUT2D eigenvalue weighted by atomic mass is 16.5. The number of hydrogen-bond donors (Lipinski definition) is 1. The third-order valence-corrected chi connectivity index (χ3v) is 2.13. The minimum Gasteiger partial charge on any atom is -0.496 e. The van der Waals surface area contributed by atoms with E-state index in [1.54, 1.807) is 14.0 Å². The Kier molecular flexibility index (Phi) is 5.19. The maximum absolute atomic E-state index is 11.0. The van der Waals surface area contributed by atoms with E-state index in [0.717, 1.165) is 17.7 Å². The number of nitrogens with one attached hydrogen (secondary N) is 1. The van der Waals surface area contributed by atoms with E-state index >= 15 is 0 Å². The van der Waals surface area contributed by atoms with Gasteiger partial charge < -0.3 is 14.8 Å². The molecule has 1 amide bonds. The number of carbonyl (C=O) groups is 1. The minimum atomic E-state index is -0.377. The smallest absolute Gasteiger partial charge is 0.407 e.